The van der Waals surface area contributed by atoms with Gasteiger partial charge in [-0.25, -0.2) is 9.67 Å². The van der Waals surface area contributed by atoms with E-state index in [1.807, 2.05) is 60.7 Å². The summed E-state index contributed by atoms with van der Waals surface area (Å²) in [5.41, 5.74) is 2.96. The number of nitrogens with one attached hydrogen (secondary N) is 1. The predicted molar refractivity (Wildman–Crippen MR) is 134 cm³/mol. The van der Waals surface area contributed by atoms with Crippen LogP contribution in [0.15, 0.2) is 89.9 Å². The topological polar surface area (TPSA) is 93.1 Å². The Labute approximate surface area is 201 Å². The molecule has 1 amide bonds. The number of methoxy groups -OCH3 is 1. The van der Waals surface area contributed by atoms with E-state index in [0.717, 1.165) is 11.3 Å². The number of H-pyrrole nitrogens is 1. The molecular formula is C27H23N5O3. The number of rotatable bonds is 6. The van der Waals surface area contributed by atoms with Gasteiger partial charge in [0, 0.05) is 18.8 Å². The molecule has 0 atom stereocenters. The fraction of sp³-hybridized carbons (Fsp3) is 0.111. The summed E-state index contributed by atoms with van der Waals surface area (Å²) in [6.45, 7) is 0.136. The molecule has 0 saturated carbocycles. The van der Waals surface area contributed by atoms with E-state index < -0.39 is 0 Å². The van der Waals surface area contributed by atoms with Crippen molar-refractivity contribution in [2.45, 2.75) is 6.54 Å². The van der Waals surface area contributed by atoms with Gasteiger partial charge in [0.2, 0.25) is 0 Å². The minimum Gasteiger partial charge on any atom is -0.497 e. The first-order valence-corrected chi connectivity index (χ1v) is 11.1. The van der Waals surface area contributed by atoms with E-state index in [2.05, 4.69) is 9.97 Å². The van der Waals surface area contributed by atoms with Crippen molar-refractivity contribution in [1.82, 2.24) is 24.6 Å². The quantitative estimate of drug-likeness (QED) is 0.408. The van der Waals surface area contributed by atoms with E-state index in [1.54, 1.807) is 43.2 Å². The van der Waals surface area contributed by atoms with Crippen molar-refractivity contribution in [1.29, 1.82) is 0 Å². The van der Waals surface area contributed by atoms with Crippen LogP contribution in [0, 0.1) is 0 Å². The minimum absolute atomic E-state index is 0.136. The van der Waals surface area contributed by atoms with E-state index >= 15 is 0 Å². The number of hydrogen-bond donors (Lipinski definition) is 1. The number of ether oxygens (including phenoxy) is 1. The third kappa shape index (κ3) is 4.41. The van der Waals surface area contributed by atoms with Crippen molar-refractivity contribution in [3.8, 4) is 22.7 Å². The lowest BCUT2D eigenvalue weighted by Crippen LogP contribution is -2.28. The van der Waals surface area contributed by atoms with Crippen LogP contribution in [-0.4, -0.2) is 44.7 Å². The summed E-state index contributed by atoms with van der Waals surface area (Å²) in [5.74, 6) is 0.882. The molecule has 0 unspecified atom stereocenters. The molecule has 0 radical (unpaired) electrons. The molecule has 2 heterocycles. The van der Waals surface area contributed by atoms with Gasteiger partial charge in [0.15, 0.2) is 0 Å². The Balaban J connectivity index is 1.51. The lowest BCUT2D eigenvalue weighted by molar-refractivity contribution is 0.0782. The maximum absolute atomic E-state index is 13.6. The van der Waals surface area contributed by atoms with Gasteiger partial charge < -0.3 is 14.6 Å². The molecule has 8 heteroatoms. The minimum atomic E-state index is -0.242. The molecule has 0 aliphatic carbocycles. The van der Waals surface area contributed by atoms with Gasteiger partial charge in [-0.1, -0.05) is 30.3 Å². The van der Waals surface area contributed by atoms with Gasteiger partial charge in [0.05, 0.1) is 35.8 Å². The van der Waals surface area contributed by atoms with E-state index in [-0.39, 0.29) is 18.0 Å². The molecule has 2 aromatic heterocycles. The second-order valence-corrected chi connectivity index (χ2v) is 8.09. The standard InChI is InChI=1S/C27H23N5O3/c1-31(17-24-28-23-11-7-6-10-21(23)26(33)29-24)27(34)22-16-32(19-8-4-3-5-9-19)30-25(22)18-12-14-20(35-2)15-13-18/h3-16H,17H2,1-2H3,(H,28,29,33). The fourth-order valence-corrected chi connectivity index (χ4v) is 3.92. The normalized spacial score (nSPS) is 10.9. The van der Waals surface area contributed by atoms with Crippen LogP contribution >= 0.6 is 0 Å². The summed E-state index contributed by atoms with van der Waals surface area (Å²) in [6.07, 6.45) is 1.73. The number of hydrogen-bond acceptors (Lipinski definition) is 5. The van der Waals surface area contributed by atoms with Crippen LogP contribution in [0.4, 0.5) is 0 Å². The predicted octanol–water partition coefficient (Wildman–Crippen LogP) is 4.06. The van der Waals surface area contributed by atoms with Gasteiger partial charge >= 0.3 is 0 Å². The zero-order chi connectivity index (χ0) is 24.4. The first-order chi connectivity index (χ1) is 17.0. The third-order valence-corrected chi connectivity index (χ3v) is 5.72. The third-order valence-electron chi connectivity index (χ3n) is 5.72. The number of fused-ring (bicyclic) bond motifs is 1. The summed E-state index contributed by atoms with van der Waals surface area (Å²) in [6, 6.07) is 24.1. The molecule has 8 nitrogen and oxygen atoms in total. The van der Waals surface area contributed by atoms with Crippen molar-refractivity contribution < 1.29 is 9.53 Å². The molecule has 0 aliphatic rings. The first-order valence-electron chi connectivity index (χ1n) is 11.1. The van der Waals surface area contributed by atoms with Gasteiger partial charge in [-0.15, -0.1) is 0 Å². The average molecular weight is 466 g/mol. The Hall–Kier alpha value is -4.72. The van der Waals surface area contributed by atoms with Crippen molar-refractivity contribution >= 4 is 16.8 Å². The second-order valence-electron chi connectivity index (χ2n) is 8.09. The van der Waals surface area contributed by atoms with Gasteiger partial charge in [-0.2, -0.15) is 5.10 Å². The fourth-order valence-electron chi connectivity index (χ4n) is 3.92. The van der Waals surface area contributed by atoms with Crippen LogP contribution in [0.5, 0.6) is 5.75 Å². The number of carbonyl (C=O) groups is 1. The number of benzene rings is 3. The smallest absolute Gasteiger partial charge is 0.258 e. The highest BCUT2D eigenvalue weighted by atomic mass is 16.5. The van der Waals surface area contributed by atoms with Crippen LogP contribution in [0.25, 0.3) is 27.8 Å². The molecule has 3 aromatic carbocycles. The maximum Gasteiger partial charge on any atom is 0.258 e. The Morgan fingerprint density at radius 3 is 2.46 bits per heavy atom. The molecule has 0 spiro atoms. The Kier molecular flexibility index (Phi) is 5.85. The molecule has 0 bridgehead atoms. The molecule has 5 rings (SSSR count). The van der Waals surface area contributed by atoms with Crippen LogP contribution in [0.1, 0.15) is 16.2 Å². The Bertz CT molecular complexity index is 1560. The number of amides is 1. The van der Waals surface area contributed by atoms with Gasteiger partial charge in [0.1, 0.15) is 17.3 Å². The second kappa shape index (κ2) is 9.26. The largest absolute Gasteiger partial charge is 0.497 e. The highest BCUT2D eigenvalue weighted by Crippen LogP contribution is 2.27. The maximum atomic E-state index is 13.6. The van der Waals surface area contributed by atoms with Crippen LogP contribution < -0.4 is 10.3 Å². The molecule has 35 heavy (non-hydrogen) atoms. The lowest BCUT2D eigenvalue weighted by Gasteiger charge is -2.16. The van der Waals surface area contributed by atoms with Crippen LogP contribution in [-0.2, 0) is 6.54 Å². The molecule has 0 aliphatic heterocycles. The number of nitrogens with zero attached hydrogens (tertiary/aromatic N) is 4. The summed E-state index contributed by atoms with van der Waals surface area (Å²) >= 11 is 0. The molecule has 5 aromatic rings. The molecule has 0 saturated heterocycles. The van der Waals surface area contributed by atoms with Gasteiger partial charge in [-0.05, 0) is 48.5 Å². The number of aromatic amines is 1. The van der Waals surface area contributed by atoms with Crippen molar-refractivity contribution in [2.24, 2.45) is 0 Å². The summed E-state index contributed by atoms with van der Waals surface area (Å²) in [4.78, 5) is 34.9. The highest BCUT2D eigenvalue weighted by molar-refractivity contribution is 5.99. The molecular weight excluding hydrogens is 442 g/mol. The summed E-state index contributed by atoms with van der Waals surface area (Å²) in [5, 5.41) is 5.24. The van der Waals surface area contributed by atoms with Crippen molar-refractivity contribution in [3.63, 3.8) is 0 Å². The number of aromatic nitrogens is 4. The van der Waals surface area contributed by atoms with E-state index in [0.29, 0.717) is 33.7 Å². The van der Waals surface area contributed by atoms with E-state index in [1.165, 1.54) is 4.90 Å². The van der Waals surface area contributed by atoms with Crippen molar-refractivity contribution in [3.05, 3.63) is 107 Å². The van der Waals surface area contributed by atoms with E-state index in [4.69, 9.17) is 9.84 Å². The molecule has 1 N–H and O–H groups in total. The monoisotopic (exact) mass is 465 g/mol. The van der Waals surface area contributed by atoms with Gasteiger partial charge in [-0.3, -0.25) is 9.59 Å². The number of para-hydroxylation sites is 2. The Morgan fingerprint density at radius 2 is 1.71 bits per heavy atom. The van der Waals surface area contributed by atoms with Crippen molar-refractivity contribution in [2.75, 3.05) is 14.2 Å². The van der Waals surface area contributed by atoms with Gasteiger partial charge in [0.25, 0.3) is 11.5 Å². The van der Waals surface area contributed by atoms with Crippen LogP contribution in [0.3, 0.4) is 0 Å². The number of carbonyl (C=O) groups excluding carboxylic acids is 1. The molecule has 0 fully saturated rings. The summed E-state index contributed by atoms with van der Waals surface area (Å²) in [7, 11) is 3.28. The SMILES string of the molecule is COc1ccc(-c2nn(-c3ccccc3)cc2C(=O)N(C)Cc2nc3ccccc3c(=O)[nH]2)cc1. The first kappa shape index (κ1) is 22.1. The zero-order valence-corrected chi connectivity index (χ0v) is 19.3. The van der Waals surface area contributed by atoms with E-state index in [9.17, 15) is 9.59 Å². The average Bonchev–Trinajstić information content (AvgIpc) is 3.34. The Morgan fingerprint density at radius 1 is 1.00 bits per heavy atom. The molecule has 174 valence electrons. The zero-order valence-electron chi connectivity index (χ0n) is 19.3. The lowest BCUT2D eigenvalue weighted by atomic mass is 10.1. The van der Waals surface area contributed by atoms with Crippen LogP contribution in [0.2, 0.25) is 0 Å². The summed E-state index contributed by atoms with van der Waals surface area (Å²) < 4.78 is 6.96. The highest BCUT2D eigenvalue weighted by Gasteiger charge is 2.22.